The van der Waals surface area contributed by atoms with Crippen LogP contribution in [0.5, 0.6) is 5.75 Å². The molecule has 1 N–H and O–H groups in total. The molecule has 0 aliphatic rings. The van der Waals surface area contributed by atoms with Crippen molar-refractivity contribution in [3.8, 4) is 17.0 Å². The summed E-state index contributed by atoms with van der Waals surface area (Å²) in [7, 11) is 1.66. The Morgan fingerprint density at radius 1 is 1.00 bits per heavy atom. The fourth-order valence-electron chi connectivity index (χ4n) is 2.93. The fourth-order valence-corrected chi connectivity index (χ4v) is 3.09. The van der Waals surface area contributed by atoms with Crippen LogP contribution >= 0.6 is 11.6 Å². The molecule has 0 saturated carbocycles. The van der Waals surface area contributed by atoms with E-state index in [4.69, 9.17) is 21.3 Å². The molecule has 4 nitrogen and oxygen atoms in total. The quantitative estimate of drug-likeness (QED) is 0.504. The van der Waals surface area contributed by atoms with Gasteiger partial charge in [0.05, 0.1) is 12.1 Å². The number of anilines is 2. The van der Waals surface area contributed by atoms with Gasteiger partial charge < -0.3 is 10.1 Å². The molecule has 0 atom stereocenters. The third-order valence-corrected chi connectivity index (χ3v) is 4.57. The Labute approximate surface area is 157 Å². The average Bonchev–Trinajstić information content (AvgIpc) is 3.01. The maximum absolute atomic E-state index is 6.23. The van der Waals surface area contributed by atoms with Crippen LogP contribution < -0.4 is 10.1 Å². The lowest BCUT2D eigenvalue weighted by molar-refractivity contribution is 0.415. The molecule has 0 radical (unpaired) electrons. The highest BCUT2D eigenvalue weighted by Crippen LogP contribution is 2.33. The van der Waals surface area contributed by atoms with Crippen molar-refractivity contribution in [2.45, 2.75) is 6.92 Å². The van der Waals surface area contributed by atoms with Gasteiger partial charge in [0, 0.05) is 17.4 Å². The number of imidazole rings is 1. The van der Waals surface area contributed by atoms with Crippen LogP contribution in [0.1, 0.15) is 5.56 Å². The van der Waals surface area contributed by atoms with Crippen LogP contribution in [0.25, 0.3) is 16.9 Å². The largest absolute Gasteiger partial charge is 0.497 e. The summed E-state index contributed by atoms with van der Waals surface area (Å²) in [4.78, 5) is 4.81. The Bertz CT molecular complexity index is 1070. The molecule has 26 heavy (non-hydrogen) atoms. The van der Waals surface area contributed by atoms with E-state index in [2.05, 4.69) is 24.4 Å². The predicted molar refractivity (Wildman–Crippen MR) is 107 cm³/mol. The molecular formula is C21H18ClN3O. The molecule has 2 heterocycles. The van der Waals surface area contributed by atoms with E-state index in [1.807, 2.05) is 59.1 Å². The van der Waals surface area contributed by atoms with Crippen LogP contribution in [0, 0.1) is 6.92 Å². The van der Waals surface area contributed by atoms with Gasteiger partial charge in [0.2, 0.25) is 0 Å². The number of hydrogen-bond donors (Lipinski definition) is 1. The SMILES string of the molecule is COc1ccc(-c2nc3ccc(Cl)cn3c2Nc2ccccc2C)cc1. The van der Waals surface area contributed by atoms with Gasteiger partial charge in [-0.05, 0) is 55.0 Å². The van der Waals surface area contributed by atoms with E-state index in [1.165, 1.54) is 0 Å². The van der Waals surface area contributed by atoms with Gasteiger partial charge in [-0.25, -0.2) is 4.98 Å². The Hall–Kier alpha value is -2.98. The minimum Gasteiger partial charge on any atom is -0.497 e. The number of fused-ring (bicyclic) bond motifs is 1. The zero-order valence-electron chi connectivity index (χ0n) is 14.5. The Morgan fingerprint density at radius 2 is 1.77 bits per heavy atom. The molecule has 2 aromatic heterocycles. The van der Waals surface area contributed by atoms with Crippen molar-refractivity contribution in [1.82, 2.24) is 9.38 Å². The van der Waals surface area contributed by atoms with Gasteiger partial charge in [0.1, 0.15) is 22.9 Å². The summed E-state index contributed by atoms with van der Waals surface area (Å²) in [6.07, 6.45) is 1.87. The number of pyridine rings is 1. The van der Waals surface area contributed by atoms with Crippen LogP contribution in [0.2, 0.25) is 5.02 Å². The number of aryl methyl sites for hydroxylation is 1. The molecule has 130 valence electrons. The zero-order valence-corrected chi connectivity index (χ0v) is 15.3. The molecule has 0 unspecified atom stereocenters. The van der Waals surface area contributed by atoms with Crippen molar-refractivity contribution < 1.29 is 4.74 Å². The maximum Gasteiger partial charge on any atom is 0.143 e. The van der Waals surface area contributed by atoms with E-state index >= 15 is 0 Å². The van der Waals surface area contributed by atoms with Gasteiger partial charge >= 0.3 is 0 Å². The standard InChI is InChI=1S/C21H18ClN3O/c1-14-5-3-4-6-18(14)23-21-20(15-7-10-17(26-2)11-8-15)24-19-12-9-16(22)13-25(19)21/h3-13,23H,1-2H3. The van der Waals surface area contributed by atoms with Crippen molar-refractivity contribution >= 4 is 28.8 Å². The van der Waals surface area contributed by atoms with Gasteiger partial charge in [-0.2, -0.15) is 0 Å². The summed E-state index contributed by atoms with van der Waals surface area (Å²) in [6.45, 7) is 2.07. The molecule has 0 fully saturated rings. The van der Waals surface area contributed by atoms with E-state index in [1.54, 1.807) is 7.11 Å². The second kappa shape index (κ2) is 6.73. The number of benzene rings is 2. The van der Waals surface area contributed by atoms with Crippen molar-refractivity contribution in [3.63, 3.8) is 0 Å². The minimum absolute atomic E-state index is 0.656. The summed E-state index contributed by atoms with van der Waals surface area (Å²) in [5, 5.41) is 4.19. The molecule has 4 rings (SSSR count). The number of nitrogens with zero attached hydrogens (tertiary/aromatic N) is 2. The van der Waals surface area contributed by atoms with Crippen LogP contribution in [-0.4, -0.2) is 16.5 Å². The van der Waals surface area contributed by atoms with Gasteiger partial charge in [-0.1, -0.05) is 29.8 Å². The fraction of sp³-hybridized carbons (Fsp3) is 0.0952. The topological polar surface area (TPSA) is 38.6 Å². The first-order valence-electron chi connectivity index (χ1n) is 8.30. The first kappa shape index (κ1) is 16.5. The predicted octanol–water partition coefficient (Wildman–Crippen LogP) is 5.72. The molecule has 0 bridgehead atoms. The highest BCUT2D eigenvalue weighted by molar-refractivity contribution is 6.30. The Balaban J connectivity index is 1.89. The summed E-state index contributed by atoms with van der Waals surface area (Å²) in [5.74, 6) is 1.69. The smallest absolute Gasteiger partial charge is 0.143 e. The number of methoxy groups -OCH3 is 1. The number of rotatable bonds is 4. The number of nitrogens with one attached hydrogen (secondary N) is 1. The molecule has 2 aromatic carbocycles. The van der Waals surface area contributed by atoms with Crippen molar-refractivity contribution in [3.05, 3.63) is 77.4 Å². The van der Waals surface area contributed by atoms with Crippen LogP contribution in [0.4, 0.5) is 11.5 Å². The van der Waals surface area contributed by atoms with Crippen molar-refractivity contribution in [2.24, 2.45) is 0 Å². The summed E-state index contributed by atoms with van der Waals surface area (Å²) >= 11 is 6.23. The second-order valence-electron chi connectivity index (χ2n) is 6.05. The van der Waals surface area contributed by atoms with Crippen LogP contribution in [0.15, 0.2) is 66.9 Å². The lowest BCUT2D eigenvalue weighted by Crippen LogP contribution is -1.98. The van der Waals surface area contributed by atoms with E-state index in [0.717, 1.165) is 39.7 Å². The third kappa shape index (κ3) is 3.00. The molecular weight excluding hydrogens is 346 g/mol. The van der Waals surface area contributed by atoms with Crippen molar-refractivity contribution in [1.29, 1.82) is 0 Å². The van der Waals surface area contributed by atoms with E-state index < -0.39 is 0 Å². The van der Waals surface area contributed by atoms with Gasteiger partial charge in [0.15, 0.2) is 0 Å². The highest BCUT2D eigenvalue weighted by Gasteiger charge is 2.15. The molecule has 0 amide bonds. The molecule has 0 aliphatic heterocycles. The van der Waals surface area contributed by atoms with E-state index in [-0.39, 0.29) is 0 Å². The minimum atomic E-state index is 0.656. The van der Waals surface area contributed by atoms with Crippen LogP contribution in [0.3, 0.4) is 0 Å². The number of para-hydroxylation sites is 1. The van der Waals surface area contributed by atoms with Gasteiger partial charge in [-0.15, -0.1) is 0 Å². The Morgan fingerprint density at radius 3 is 2.50 bits per heavy atom. The average molecular weight is 364 g/mol. The van der Waals surface area contributed by atoms with E-state index in [9.17, 15) is 0 Å². The zero-order chi connectivity index (χ0) is 18.1. The molecule has 0 spiro atoms. The monoisotopic (exact) mass is 363 g/mol. The maximum atomic E-state index is 6.23. The second-order valence-corrected chi connectivity index (χ2v) is 6.49. The Kier molecular flexibility index (Phi) is 4.27. The number of halogens is 1. The molecule has 5 heteroatoms. The molecule has 0 aliphatic carbocycles. The highest BCUT2D eigenvalue weighted by atomic mass is 35.5. The first-order valence-corrected chi connectivity index (χ1v) is 8.68. The molecule has 0 saturated heterocycles. The van der Waals surface area contributed by atoms with Gasteiger partial charge in [-0.3, -0.25) is 4.40 Å². The number of hydrogen-bond acceptors (Lipinski definition) is 3. The lowest BCUT2D eigenvalue weighted by Gasteiger charge is -2.11. The third-order valence-electron chi connectivity index (χ3n) is 4.34. The van der Waals surface area contributed by atoms with Crippen LogP contribution in [-0.2, 0) is 0 Å². The lowest BCUT2D eigenvalue weighted by atomic mass is 10.1. The van der Waals surface area contributed by atoms with Gasteiger partial charge in [0.25, 0.3) is 0 Å². The summed E-state index contributed by atoms with van der Waals surface area (Å²) < 4.78 is 7.24. The first-order chi connectivity index (χ1) is 12.7. The molecule has 4 aromatic rings. The summed E-state index contributed by atoms with van der Waals surface area (Å²) in [6, 6.07) is 19.8. The summed E-state index contributed by atoms with van der Waals surface area (Å²) in [5.41, 5.74) is 4.88. The van der Waals surface area contributed by atoms with Crippen molar-refractivity contribution in [2.75, 3.05) is 12.4 Å². The normalized spacial score (nSPS) is 10.9. The number of aromatic nitrogens is 2. The number of ether oxygens (including phenoxy) is 1. The van der Waals surface area contributed by atoms with E-state index in [0.29, 0.717) is 5.02 Å².